The van der Waals surface area contributed by atoms with Crippen LogP contribution in [0.1, 0.15) is 44.6 Å². The molecule has 0 bridgehead atoms. The first-order chi connectivity index (χ1) is 8.29. The van der Waals surface area contributed by atoms with Gasteiger partial charge in [0.15, 0.2) is 0 Å². The zero-order valence-electron chi connectivity index (χ0n) is 11.2. The standard InChI is InChI=1S/C14H25N3/c1-3-9-15-14-6-4-5-13(14)8-7-12-10-16-17(2)11-12/h10-11,13-15H,3-9H2,1-2H3. The number of nitrogens with zero attached hydrogens (tertiary/aromatic N) is 2. The summed E-state index contributed by atoms with van der Waals surface area (Å²) in [7, 11) is 1.99. The molecule has 1 saturated carbocycles. The van der Waals surface area contributed by atoms with Crippen molar-refractivity contribution in [3.63, 3.8) is 0 Å². The maximum atomic E-state index is 4.23. The van der Waals surface area contributed by atoms with Crippen LogP contribution in [0.2, 0.25) is 0 Å². The Morgan fingerprint density at radius 3 is 3.06 bits per heavy atom. The molecule has 1 aromatic rings. The van der Waals surface area contributed by atoms with Crippen LogP contribution < -0.4 is 5.32 Å². The highest BCUT2D eigenvalue weighted by atomic mass is 15.2. The van der Waals surface area contributed by atoms with E-state index in [-0.39, 0.29) is 0 Å². The molecular formula is C14H25N3. The van der Waals surface area contributed by atoms with Crippen LogP contribution in [0.25, 0.3) is 0 Å². The third kappa shape index (κ3) is 3.56. The van der Waals surface area contributed by atoms with Crippen molar-refractivity contribution >= 4 is 0 Å². The fourth-order valence-corrected chi connectivity index (χ4v) is 2.93. The molecule has 2 unspecified atom stereocenters. The highest BCUT2D eigenvalue weighted by Gasteiger charge is 2.26. The highest BCUT2D eigenvalue weighted by molar-refractivity contribution is 5.04. The second kappa shape index (κ2) is 6.20. The highest BCUT2D eigenvalue weighted by Crippen LogP contribution is 2.29. The first kappa shape index (κ1) is 12.6. The lowest BCUT2D eigenvalue weighted by atomic mass is 9.96. The molecule has 1 fully saturated rings. The van der Waals surface area contributed by atoms with E-state index in [1.165, 1.54) is 50.6 Å². The molecule has 1 aromatic heterocycles. The van der Waals surface area contributed by atoms with E-state index in [9.17, 15) is 0 Å². The Bertz CT molecular complexity index is 332. The largest absolute Gasteiger partial charge is 0.314 e. The summed E-state index contributed by atoms with van der Waals surface area (Å²) < 4.78 is 1.90. The van der Waals surface area contributed by atoms with Crippen molar-refractivity contribution in [2.45, 2.75) is 51.5 Å². The van der Waals surface area contributed by atoms with Gasteiger partial charge in [0.1, 0.15) is 0 Å². The van der Waals surface area contributed by atoms with Crippen LogP contribution in [0, 0.1) is 5.92 Å². The zero-order chi connectivity index (χ0) is 12.1. The minimum atomic E-state index is 0.770. The molecule has 17 heavy (non-hydrogen) atoms. The molecule has 0 aromatic carbocycles. The van der Waals surface area contributed by atoms with Crippen molar-refractivity contribution in [3.8, 4) is 0 Å². The molecule has 0 aliphatic heterocycles. The van der Waals surface area contributed by atoms with Gasteiger partial charge in [-0.3, -0.25) is 4.68 Å². The summed E-state index contributed by atoms with van der Waals surface area (Å²) in [5.74, 6) is 0.877. The maximum absolute atomic E-state index is 4.23. The summed E-state index contributed by atoms with van der Waals surface area (Å²) in [6.07, 6.45) is 12.1. The molecule has 96 valence electrons. The summed E-state index contributed by atoms with van der Waals surface area (Å²) >= 11 is 0. The molecule has 3 nitrogen and oxygen atoms in total. The van der Waals surface area contributed by atoms with E-state index in [4.69, 9.17) is 0 Å². The van der Waals surface area contributed by atoms with Gasteiger partial charge in [-0.25, -0.2) is 0 Å². The van der Waals surface area contributed by atoms with Gasteiger partial charge in [-0.2, -0.15) is 5.10 Å². The molecule has 1 heterocycles. The molecule has 0 amide bonds. The topological polar surface area (TPSA) is 29.9 Å². The van der Waals surface area contributed by atoms with Crippen molar-refractivity contribution in [3.05, 3.63) is 18.0 Å². The van der Waals surface area contributed by atoms with Crippen molar-refractivity contribution in [1.29, 1.82) is 0 Å². The summed E-state index contributed by atoms with van der Waals surface area (Å²) in [4.78, 5) is 0. The predicted octanol–water partition coefficient (Wildman–Crippen LogP) is 2.52. The van der Waals surface area contributed by atoms with E-state index in [1.54, 1.807) is 0 Å². The monoisotopic (exact) mass is 235 g/mol. The number of aryl methyl sites for hydroxylation is 2. The van der Waals surface area contributed by atoms with Crippen LogP contribution in [0.5, 0.6) is 0 Å². The SMILES string of the molecule is CCCNC1CCCC1CCc1cnn(C)c1. The molecule has 1 N–H and O–H groups in total. The fraction of sp³-hybridized carbons (Fsp3) is 0.786. The third-order valence-corrected chi connectivity index (χ3v) is 3.88. The molecule has 2 atom stereocenters. The van der Waals surface area contributed by atoms with E-state index in [0.29, 0.717) is 0 Å². The number of rotatable bonds is 6. The van der Waals surface area contributed by atoms with Gasteiger partial charge in [0.2, 0.25) is 0 Å². The van der Waals surface area contributed by atoms with E-state index in [0.717, 1.165) is 12.0 Å². The number of hydrogen-bond donors (Lipinski definition) is 1. The van der Waals surface area contributed by atoms with Gasteiger partial charge in [-0.15, -0.1) is 0 Å². The van der Waals surface area contributed by atoms with Crippen LogP contribution in [-0.4, -0.2) is 22.4 Å². The second-order valence-electron chi connectivity index (χ2n) is 5.31. The molecule has 0 spiro atoms. The first-order valence-electron chi connectivity index (χ1n) is 7.00. The Morgan fingerprint density at radius 1 is 1.47 bits per heavy atom. The quantitative estimate of drug-likeness (QED) is 0.821. The molecule has 1 aliphatic carbocycles. The normalized spacial score (nSPS) is 24.4. The first-order valence-corrected chi connectivity index (χ1v) is 7.00. The molecule has 3 heteroatoms. The zero-order valence-corrected chi connectivity index (χ0v) is 11.2. The van der Waals surface area contributed by atoms with Crippen LogP contribution in [0.15, 0.2) is 12.4 Å². The van der Waals surface area contributed by atoms with E-state index in [1.807, 2.05) is 17.9 Å². The fourth-order valence-electron chi connectivity index (χ4n) is 2.93. The van der Waals surface area contributed by atoms with Gasteiger partial charge >= 0.3 is 0 Å². The van der Waals surface area contributed by atoms with Crippen molar-refractivity contribution in [2.75, 3.05) is 6.54 Å². The molecular weight excluding hydrogens is 210 g/mol. The number of nitrogens with one attached hydrogen (secondary N) is 1. The average molecular weight is 235 g/mol. The lowest BCUT2D eigenvalue weighted by Crippen LogP contribution is -2.33. The van der Waals surface area contributed by atoms with Crippen LogP contribution >= 0.6 is 0 Å². The third-order valence-electron chi connectivity index (χ3n) is 3.88. The summed E-state index contributed by atoms with van der Waals surface area (Å²) in [5.41, 5.74) is 1.38. The summed E-state index contributed by atoms with van der Waals surface area (Å²) in [5, 5.41) is 7.93. The van der Waals surface area contributed by atoms with Gasteiger partial charge < -0.3 is 5.32 Å². The summed E-state index contributed by atoms with van der Waals surface area (Å²) in [6, 6.07) is 0.770. The number of hydrogen-bond acceptors (Lipinski definition) is 2. The second-order valence-corrected chi connectivity index (χ2v) is 5.31. The Kier molecular flexibility index (Phi) is 4.60. The smallest absolute Gasteiger partial charge is 0.0521 e. The van der Waals surface area contributed by atoms with Gasteiger partial charge in [0.05, 0.1) is 6.20 Å². The van der Waals surface area contributed by atoms with E-state index in [2.05, 4.69) is 23.5 Å². The van der Waals surface area contributed by atoms with Crippen LogP contribution in [-0.2, 0) is 13.5 Å². The predicted molar refractivity (Wildman–Crippen MR) is 71.0 cm³/mol. The maximum Gasteiger partial charge on any atom is 0.0521 e. The Labute approximate surface area is 105 Å². The van der Waals surface area contributed by atoms with Gasteiger partial charge in [-0.1, -0.05) is 13.3 Å². The van der Waals surface area contributed by atoms with Gasteiger partial charge in [0, 0.05) is 19.3 Å². The van der Waals surface area contributed by atoms with E-state index >= 15 is 0 Å². The average Bonchev–Trinajstić information content (AvgIpc) is 2.92. The van der Waals surface area contributed by atoms with Gasteiger partial charge in [0.25, 0.3) is 0 Å². The Balaban J connectivity index is 1.77. The van der Waals surface area contributed by atoms with Crippen molar-refractivity contribution < 1.29 is 0 Å². The molecule has 0 radical (unpaired) electrons. The van der Waals surface area contributed by atoms with Crippen LogP contribution in [0.3, 0.4) is 0 Å². The Morgan fingerprint density at radius 2 is 2.35 bits per heavy atom. The van der Waals surface area contributed by atoms with Crippen LogP contribution in [0.4, 0.5) is 0 Å². The van der Waals surface area contributed by atoms with Crippen molar-refractivity contribution in [1.82, 2.24) is 15.1 Å². The lowest BCUT2D eigenvalue weighted by Gasteiger charge is -2.20. The van der Waals surface area contributed by atoms with E-state index < -0.39 is 0 Å². The molecule has 1 aliphatic rings. The lowest BCUT2D eigenvalue weighted by molar-refractivity contribution is 0.380. The molecule has 0 saturated heterocycles. The minimum Gasteiger partial charge on any atom is -0.314 e. The van der Waals surface area contributed by atoms with Gasteiger partial charge in [-0.05, 0) is 50.1 Å². The Hall–Kier alpha value is -0.830. The molecule has 2 rings (SSSR count). The number of aromatic nitrogens is 2. The van der Waals surface area contributed by atoms with Crippen molar-refractivity contribution in [2.24, 2.45) is 13.0 Å². The summed E-state index contributed by atoms with van der Waals surface area (Å²) in [6.45, 7) is 3.42. The minimum absolute atomic E-state index is 0.770.